The normalized spacial score (nSPS) is 16.6. The van der Waals surface area contributed by atoms with Gasteiger partial charge < -0.3 is 15.0 Å². The molecule has 0 fully saturated rings. The number of amides is 1. The predicted molar refractivity (Wildman–Crippen MR) is 76.4 cm³/mol. The zero-order chi connectivity index (χ0) is 14.5. The van der Waals surface area contributed by atoms with E-state index in [1.165, 1.54) is 0 Å². The van der Waals surface area contributed by atoms with Gasteiger partial charge >= 0.3 is 0 Å². The summed E-state index contributed by atoms with van der Waals surface area (Å²) in [5.74, 6) is 0.623. The van der Waals surface area contributed by atoms with Crippen molar-refractivity contribution in [1.29, 1.82) is 5.26 Å². The third-order valence-electron chi connectivity index (χ3n) is 3.28. The number of fused-ring (bicyclic) bond motifs is 1. The van der Waals surface area contributed by atoms with Crippen molar-refractivity contribution in [3.63, 3.8) is 0 Å². The van der Waals surface area contributed by atoms with Crippen LogP contribution in [-0.4, -0.2) is 36.0 Å². The van der Waals surface area contributed by atoms with Crippen LogP contribution in [-0.2, 0) is 4.79 Å². The van der Waals surface area contributed by atoms with Crippen LogP contribution >= 0.6 is 0 Å². The summed E-state index contributed by atoms with van der Waals surface area (Å²) < 4.78 is 5.77. The van der Waals surface area contributed by atoms with Gasteiger partial charge in [-0.2, -0.15) is 5.26 Å². The number of nitrogens with one attached hydrogen (secondary N) is 1. The molecule has 1 unspecified atom stereocenters. The van der Waals surface area contributed by atoms with Crippen LogP contribution in [0.25, 0.3) is 0 Å². The summed E-state index contributed by atoms with van der Waals surface area (Å²) in [6.07, 6.45) is -0.202. The first-order chi connectivity index (χ1) is 9.63. The van der Waals surface area contributed by atoms with E-state index in [-0.39, 0.29) is 11.9 Å². The maximum absolute atomic E-state index is 12.5. The third-order valence-corrected chi connectivity index (χ3v) is 3.28. The van der Waals surface area contributed by atoms with Crippen molar-refractivity contribution in [2.24, 2.45) is 0 Å². The zero-order valence-corrected chi connectivity index (χ0v) is 11.8. The first-order valence-corrected chi connectivity index (χ1v) is 6.80. The highest BCUT2D eigenvalue weighted by Gasteiger charge is 2.30. The molecule has 1 atom stereocenters. The number of benzene rings is 1. The maximum atomic E-state index is 12.5. The zero-order valence-electron chi connectivity index (χ0n) is 11.8. The molecular weight excluding hydrogens is 254 g/mol. The number of nitriles is 1. The van der Waals surface area contributed by atoms with E-state index in [0.717, 1.165) is 5.69 Å². The Morgan fingerprint density at radius 1 is 1.55 bits per heavy atom. The molecular formula is C15H19N3O2. The van der Waals surface area contributed by atoms with Gasteiger partial charge in [-0.25, -0.2) is 0 Å². The number of hydrogen-bond acceptors (Lipinski definition) is 4. The van der Waals surface area contributed by atoms with Gasteiger partial charge in [0, 0.05) is 12.6 Å². The lowest BCUT2D eigenvalue weighted by Crippen LogP contribution is -2.49. The first kappa shape index (κ1) is 14.2. The molecule has 0 aliphatic carbocycles. The highest BCUT2D eigenvalue weighted by atomic mass is 16.5. The highest BCUT2D eigenvalue weighted by molar-refractivity contribution is 5.83. The van der Waals surface area contributed by atoms with Gasteiger partial charge in [-0.1, -0.05) is 12.1 Å². The van der Waals surface area contributed by atoms with Crippen LogP contribution in [0.15, 0.2) is 24.3 Å². The lowest BCUT2D eigenvalue weighted by molar-refractivity contribution is -0.140. The molecule has 2 rings (SSSR count). The Kier molecular flexibility index (Phi) is 4.46. The van der Waals surface area contributed by atoms with Crippen LogP contribution in [0.4, 0.5) is 5.69 Å². The summed E-state index contributed by atoms with van der Waals surface area (Å²) in [6, 6.07) is 9.69. The Labute approximate surface area is 119 Å². The molecule has 1 aromatic rings. The fourth-order valence-electron chi connectivity index (χ4n) is 2.23. The molecule has 0 saturated heterocycles. The SMILES string of the molecule is CC(C)N(CCC#N)C(=O)C1CNc2ccccc2O1. The largest absolute Gasteiger partial charge is 0.477 e. The molecule has 1 aromatic carbocycles. The Morgan fingerprint density at radius 3 is 3.00 bits per heavy atom. The minimum Gasteiger partial charge on any atom is -0.477 e. The van der Waals surface area contributed by atoms with Gasteiger partial charge in [-0.15, -0.1) is 0 Å². The molecule has 1 aliphatic heterocycles. The van der Waals surface area contributed by atoms with E-state index in [9.17, 15) is 4.79 Å². The molecule has 0 radical (unpaired) electrons. The Balaban J connectivity index is 2.08. The van der Waals surface area contributed by atoms with Crippen LogP contribution < -0.4 is 10.1 Å². The summed E-state index contributed by atoms with van der Waals surface area (Å²) in [4.78, 5) is 14.2. The number of para-hydroxylation sites is 2. The van der Waals surface area contributed by atoms with Crippen LogP contribution in [0.5, 0.6) is 5.75 Å². The van der Waals surface area contributed by atoms with Crippen molar-refractivity contribution in [2.45, 2.75) is 32.4 Å². The molecule has 5 heteroatoms. The number of carbonyl (C=O) groups excluding carboxylic acids is 1. The number of hydrogen-bond donors (Lipinski definition) is 1. The highest BCUT2D eigenvalue weighted by Crippen LogP contribution is 2.28. The lowest BCUT2D eigenvalue weighted by atomic mass is 10.2. The van der Waals surface area contributed by atoms with Gasteiger partial charge in [0.1, 0.15) is 5.75 Å². The van der Waals surface area contributed by atoms with E-state index >= 15 is 0 Å². The Hall–Kier alpha value is -2.22. The number of rotatable bonds is 4. The monoisotopic (exact) mass is 273 g/mol. The van der Waals surface area contributed by atoms with E-state index in [1.54, 1.807) is 4.90 Å². The van der Waals surface area contributed by atoms with E-state index in [0.29, 0.717) is 25.3 Å². The van der Waals surface area contributed by atoms with Crippen LogP contribution in [0.1, 0.15) is 20.3 Å². The number of carbonyl (C=O) groups is 1. The first-order valence-electron chi connectivity index (χ1n) is 6.80. The van der Waals surface area contributed by atoms with Crippen molar-refractivity contribution < 1.29 is 9.53 Å². The number of nitrogens with zero attached hydrogens (tertiary/aromatic N) is 2. The van der Waals surface area contributed by atoms with Crippen molar-refractivity contribution in [3.05, 3.63) is 24.3 Å². The van der Waals surface area contributed by atoms with Gasteiger partial charge in [0.05, 0.1) is 24.7 Å². The maximum Gasteiger partial charge on any atom is 0.265 e. The average Bonchev–Trinajstić information content (AvgIpc) is 2.46. The van der Waals surface area contributed by atoms with Gasteiger partial charge in [0.15, 0.2) is 6.10 Å². The topological polar surface area (TPSA) is 65.4 Å². The third kappa shape index (κ3) is 3.02. The van der Waals surface area contributed by atoms with Gasteiger partial charge in [0.2, 0.25) is 0 Å². The molecule has 5 nitrogen and oxygen atoms in total. The summed E-state index contributed by atoms with van der Waals surface area (Å²) in [6.45, 7) is 4.78. The molecule has 106 valence electrons. The molecule has 1 amide bonds. The second-order valence-corrected chi connectivity index (χ2v) is 5.02. The predicted octanol–water partition coefficient (Wildman–Crippen LogP) is 2.01. The number of ether oxygens (including phenoxy) is 1. The second-order valence-electron chi connectivity index (χ2n) is 5.02. The van der Waals surface area contributed by atoms with Crippen molar-refractivity contribution in [3.8, 4) is 11.8 Å². The van der Waals surface area contributed by atoms with Crippen molar-refractivity contribution in [2.75, 3.05) is 18.4 Å². The van der Waals surface area contributed by atoms with E-state index < -0.39 is 6.10 Å². The molecule has 0 spiro atoms. The summed E-state index contributed by atoms with van der Waals surface area (Å²) >= 11 is 0. The van der Waals surface area contributed by atoms with Gasteiger partial charge in [-0.3, -0.25) is 4.79 Å². The van der Waals surface area contributed by atoms with Crippen molar-refractivity contribution in [1.82, 2.24) is 4.90 Å². The lowest BCUT2D eigenvalue weighted by Gasteiger charge is -2.33. The van der Waals surface area contributed by atoms with Crippen LogP contribution in [0.2, 0.25) is 0 Å². The van der Waals surface area contributed by atoms with E-state index in [4.69, 9.17) is 10.00 Å². The van der Waals surface area contributed by atoms with Crippen molar-refractivity contribution >= 4 is 11.6 Å². The Morgan fingerprint density at radius 2 is 2.30 bits per heavy atom. The smallest absolute Gasteiger partial charge is 0.265 e. The molecule has 1 N–H and O–H groups in total. The summed E-state index contributed by atoms with van der Waals surface area (Å²) in [5.41, 5.74) is 0.907. The fraction of sp³-hybridized carbons (Fsp3) is 0.467. The van der Waals surface area contributed by atoms with E-state index in [1.807, 2.05) is 38.1 Å². The van der Waals surface area contributed by atoms with Gasteiger partial charge in [0.25, 0.3) is 5.91 Å². The molecule has 0 aromatic heterocycles. The standard InChI is InChI=1S/C15H19N3O2/c1-11(2)18(9-5-8-16)15(19)14-10-17-12-6-3-4-7-13(12)20-14/h3-4,6-7,11,14,17H,5,9-10H2,1-2H3. The summed E-state index contributed by atoms with van der Waals surface area (Å²) in [7, 11) is 0. The number of anilines is 1. The quantitative estimate of drug-likeness (QED) is 0.911. The molecule has 1 aliphatic rings. The Bertz CT molecular complexity index is 522. The van der Waals surface area contributed by atoms with E-state index in [2.05, 4.69) is 11.4 Å². The van der Waals surface area contributed by atoms with Crippen LogP contribution in [0, 0.1) is 11.3 Å². The van der Waals surface area contributed by atoms with Crippen LogP contribution in [0.3, 0.4) is 0 Å². The average molecular weight is 273 g/mol. The minimum absolute atomic E-state index is 0.0524. The molecule has 1 heterocycles. The van der Waals surface area contributed by atoms with Gasteiger partial charge in [-0.05, 0) is 26.0 Å². The summed E-state index contributed by atoms with van der Waals surface area (Å²) in [5, 5.41) is 11.9. The minimum atomic E-state index is -0.536. The fourth-order valence-corrected chi connectivity index (χ4v) is 2.23. The molecule has 0 saturated carbocycles. The second kappa shape index (κ2) is 6.29. The molecule has 20 heavy (non-hydrogen) atoms. The molecule has 0 bridgehead atoms.